The van der Waals surface area contributed by atoms with E-state index in [9.17, 15) is 0 Å². The van der Waals surface area contributed by atoms with Crippen molar-refractivity contribution in [2.45, 2.75) is 38.1 Å². The number of ether oxygens (including phenoxy) is 1. The lowest BCUT2D eigenvalue weighted by Crippen LogP contribution is -2.37. The van der Waals surface area contributed by atoms with Gasteiger partial charge in [0.15, 0.2) is 6.79 Å². The lowest BCUT2D eigenvalue weighted by atomic mass is 9.95. The van der Waals surface area contributed by atoms with Gasteiger partial charge in [-0.3, -0.25) is 0 Å². The summed E-state index contributed by atoms with van der Waals surface area (Å²) in [6, 6.07) is 10.5. The van der Waals surface area contributed by atoms with E-state index in [4.69, 9.17) is 14.6 Å². The average Bonchev–Trinajstić information content (AvgIpc) is 2.46. The molecular weight excluding hydrogens is 230 g/mol. The first-order chi connectivity index (χ1) is 8.92. The third-order valence-corrected chi connectivity index (χ3v) is 3.22. The summed E-state index contributed by atoms with van der Waals surface area (Å²) in [6.07, 6.45) is 6.11. The molecular formula is C14H21NO3. The van der Waals surface area contributed by atoms with Crippen LogP contribution in [-0.2, 0) is 14.6 Å². The second-order valence-electron chi connectivity index (χ2n) is 4.55. The first-order valence-corrected chi connectivity index (χ1v) is 6.54. The van der Waals surface area contributed by atoms with Gasteiger partial charge in [-0.2, -0.15) is 4.89 Å². The molecule has 100 valence electrons. The smallest absolute Gasteiger partial charge is 0.182 e. The average molecular weight is 251 g/mol. The van der Waals surface area contributed by atoms with Crippen LogP contribution in [0, 0.1) is 0 Å². The molecule has 0 unspecified atom stereocenters. The highest BCUT2D eigenvalue weighted by Gasteiger charge is 2.23. The molecule has 0 amide bonds. The van der Waals surface area contributed by atoms with Gasteiger partial charge in [0.1, 0.15) is 0 Å². The molecule has 0 N–H and O–H groups in total. The Morgan fingerprint density at radius 3 is 2.50 bits per heavy atom. The highest BCUT2D eigenvalue weighted by Crippen LogP contribution is 2.27. The van der Waals surface area contributed by atoms with Crippen LogP contribution in [0.3, 0.4) is 0 Å². The summed E-state index contributed by atoms with van der Waals surface area (Å²) in [6.45, 7) is 0.135. The van der Waals surface area contributed by atoms with Crippen LogP contribution >= 0.6 is 0 Å². The third kappa shape index (κ3) is 3.70. The molecule has 4 nitrogen and oxygen atoms in total. The number of hydrogen-bond donors (Lipinski definition) is 0. The molecule has 0 saturated heterocycles. The normalized spacial score (nSPS) is 16.7. The number of hydrogen-bond acceptors (Lipinski definition) is 4. The van der Waals surface area contributed by atoms with Crippen molar-refractivity contribution >= 4 is 5.69 Å². The molecule has 4 heteroatoms. The van der Waals surface area contributed by atoms with E-state index in [-0.39, 0.29) is 6.79 Å². The van der Waals surface area contributed by atoms with Crippen molar-refractivity contribution in [3.8, 4) is 0 Å². The number of hydroxylamine groups is 1. The molecule has 1 aliphatic rings. The summed E-state index contributed by atoms with van der Waals surface area (Å²) in [7, 11) is 1.58. The Hall–Kier alpha value is -1.10. The fourth-order valence-electron chi connectivity index (χ4n) is 2.33. The van der Waals surface area contributed by atoms with E-state index >= 15 is 0 Å². The second-order valence-corrected chi connectivity index (χ2v) is 4.55. The SMILES string of the molecule is COCOON(c1ccccc1)C1CCCCC1. The zero-order valence-electron chi connectivity index (χ0n) is 10.9. The quantitative estimate of drug-likeness (QED) is 0.336. The fraction of sp³-hybridized carbons (Fsp3) is 0.571. The van der Waals surface area contributed by atoms with Crippen LogP contribution in [0.5, 0.6) is 0 Å². The molecule has 0 aliphatic heterocycles. The monoisotopic (exact) mass is 251 g/mol. The molecule has 0 atom stereocenters. The van der Waals surface area contributed by atoms with E-state index < -0.39 is 0 Å². The minimum absolute atomic E-state index is 0.135. The Bertz CT molecular complexity index is 325. The summed E-state index contributed by atoms with van der Waals surface area (Å²) in [5, 5.41) is 1.87. The Morgan fingerprint density at radius 1 is 1.11 bits per heavy atom. The second kappa shape index (κ2) is 7.36. The van der Waals surface area contributed by atoms with E-state index in [1.807, 2.05) is 35.4 Å². The lowest BCUT2D eigenvalue weighted by molar-refractivity contribution is -0.345. The summed E-state index contributed by atoms with van der Waals surface area (Å²) in [4.78, 5) is 10.5. The molecule has 0 bridgehead atoms. The van der Waals surface area contributed by atoms with Crippen LogP contribution in [0.15, 0.2) is 30.3 Å². The Labute approximate surface area is 108 Å². The van der Waals surface area contributed by atoms with E-state index in [1.54, 1.807) is 7.11 Å². The zero-order chi connectivity index (χ0) is 12.6. The number of nitrogens with zero attached hydrogens (tertiary/aromatic N) is 1. The van der Waals surface area contributed by atoms with E-state index in [1.165, 1.54) is 19.3 Å². The van der Waals surface area contributed by atoms with Gasteiger partial charge in [0.25, 0.3) is 0 Å². The van der Waals surface area contributed by atoms with Crippen LogP contribution in [0.1, 0.15) is 32.1 Å². The minimum atomic E-state index is 0.135. The number of para-hydroxylation sites is 1. The van der Waals surface area contributed by atoms with E-state index in [0.717, 1.165) is 18.5 Å². The van der Waals surface area contributed by atoms with Crippen LogP contribution in [0.2, 0.25) is 0 Å². The molecule has 1 saturated carbocycles. The van der Waals surface area contributed by atoms with Crippen molar-refractivity contribution in [3.63, 3.8) is 0 Å². The highest BCUT2D eigenvalue weighted by atomic mass is 17.3. The van der Waals surface area contributed by atoms with Crippen molar-refractivity contribution in [1.82, 2.24) is 0 Å². The van der Waals surface area contributed by atoms with Crippen LogP contribution < -0.4 is 5.06 Å². The molecule has 1 fully saturated rings. The van der Waals surface area contributed by atoms with Crippen molar-refractivity contribution in [3.05, 3.63) is 30.3 Å². The van der Waals surface area contributed by atoms with Gasteiger partial charge < -0.3 is 4.74 Å². The first-order valence-electron chi connectivity index (χ1n) is 6.54. The topological polar surface area (TPSA) is 30.9 Å². The standard InChI is InChI=1S/C14H21NO3/c1-16-12-17-18-15(13-8-4-2-5-9-13)14-10-6-3-7-11-14/h2,4-5,8-9,14H,3,6-7,10-12H2,1H3. The molecule has 0 heterocycles. The van der Waals surface area contributed by atoms with Gasteiger partial charge in [0.2, 0.25) is 0 Å². The first kappa shape index (κ1) is 13.3. The van der Waals surface area contributed by atoms with Gasteiger partial charge in [-0.1, -0.05) is 37.5 Å². The molecule has 1 aliphatic carbocycles. The minimum Gasteiger partial charge on any atom is -0.355 e. The van der Waals surface area contributed by atoms with Crippen molar-refractivity contribution in [1.29, 1.82) is 0 Å². The third-order valence-electron chi connectivity index (χ3n) is 3.22. The van der Waals surface area contributed by atoms with Gasteiger partial charge >= 0.3 is 0 Å². The zero-order valence-corrected chi connectivity index (χ0v) is 10.9. The van der Waals surface area contributed by atoms with Gasteiger partial charge in [-0.05, 0) is 25.0 Å². The summed E-state index contributed by atoms with van der Waals surface area (Å²) in [5.41, 5.74) is 1.03. The maximum absolute atomic E-state index is 5.42. The predicted molar refractivity (Wildman–Crippen MR) is 69.8 cm³/mol. The van der Waals surface area contributed by atoms with Gasteiger partial charge in [0, 0.05) is 7.11 Å². The highest BCUT2D eigenvalue weighted by molar-refractivity contribution is 5.44. The van der Waals surface area contributed by atoms with Gasteiger partial charge in [0.05, 0.1) is 11.7 Å². The molecule has 2 rings (SSSR count). The van der Waals surface area contributed by atoms with Crippen molar-refractivity contribution in [2.24, 2.45) is 0 Å². The maximum Gasteiger partial charge on any atom is 0.182 e. The van der Waals surface area contributed by atoms with Crippen LogP contribution in [0.4, 0.5) is 5.69 Å². The predicted octanol–water partition coefficient (Wildman–Crippen LogP) is 3.29. The Morgan fingerprint density at radius 2 is 1.83 bits per heavy atom. The molecule has 0 radical (unpaired) electrons. The number of benzene rings is 1. The Kier molecular flexibility index (Phi) is 5.45. The largest absolute Gasteiger partial charge is 0.355 e. The molecule has 1 aromatic rings. The lowest BCUT2D eigenvalue weighted by Gasteiger charge is -2.33. The molecule has 1 aromatic carbocycles. The van der Waals surface area contributed by atoms with Gasteiger partial charge in [-0.25, -0.2) is 5.06 Å². The van der Waals surface area contributed by atoms with Gasteiger partial charge in [-0.15, -0.1) is 4.99 Å². The molecule has 18 heavy (non-hydrogen) atoms. The summed E-state index contributed by atoms with van der Waals surface area (Å²) < 4.78 is 4.84. The van der Waals surface area contributed by atoms with Crippen LogP contribution in [0.25, 0.3) is 0 Å². The fourth-order valence-corrected chi connectivity index (χ4v) is 2.33. The molecule has 0 spiro atoms. The molecule has 0 aromatic heterocycles. The number of methoxy groups -OCH3 is 1. The van der Waals surface area contributed by atoms with Crippen molar-refractivity contribution in [2.75, 3.05) is 19.0 Å². The van der Waals surface area contributed by atoms with E-state index in [0.29, 0.717) is 6.04 Å². The number of rotatable bonds is 6. The summed E-state index contributed by atoms with van der Waals surface area (Å²) in [5.74, 6) is 0. The maximum atomic E-state index is 5.42. The number of anilines is 1. The van der Waals surface area contributed by atoms with Crippen LogP contribution in [-0.4, -0.2) is 19.9 Å². The van der Waals surface area contributed by atoms with Crippen molar-refractivity contribution < 1.29 is 14.6 Å². The van der Waals surface area contributed by atoms with E-state index in [2.05, 4.69) is 0 Å². The Balaban J connectivity index is 2.01. The summed E-state index contributed by atoms with van der Waals surface area (Å²) >= 11 is 0.